The molecule has 0 aliphatic carbocycles. The van der Waals surface area contributed by atoms with Crippen LogP contribution in [0.5, 0.6) is 11.5 Å². The van der Waals surface area contributed by atoms with E-state index in [1.54, 1.807) is 31.4 Å². The third-order valence-electron chi connectivity index (χ3n) is 6.64. The molecule has 4 aromatic rings. The number of amides is 2. The summed E-state index contributed by atoms with van der Waals surface area (Å²) in [6.45, 7) is 0.443. The van der Waals surface area contributed by atoms with Crippen molar-refractivity contribution in [3.05, 3.63) is 105 Å². The number of hydrogen-bond donors (Lipinski definition) is 1. The number of H-pyrrole nitrogens is 1. The van der Waals surface area contributed by atoms with Gasteiger partial charge in [0.25, 0.3) is 0 Å². The fourth-order valence-corrected chi connectivity index (χ4v) is 7.39. The highest BCUT2D eigenvalue weighted by molar-refractivity contribution is 8.00. The maximum absolute atomic E-state index is 13.8. The Morgan fingerprint density at radius 2 is 1.57 bits per heavy atom. The average molecular weight is 531 g/mol. The number of thioether (sulfide) groups is 1. The van der Waals surface area contributed by atoms with Crippen molar-refractivity contribution in [1.29, 1.82) is 0 Å². The van der Waals surface area contributed by atoms with Crippen molar-refractivity contribution >= 4 is 40.6 Å². The van der Waals surface area contributed by atoms with E-state index in [0.29, 0.717) is 28.8 Å². The van der Waals surface area contributed by atoms with Crippen molar-refractivity contribution in [1.82, 2.24) is 4.98 Å². The summed E-state index contributed by atoms with van der Waals surface area (Å²) in [7, 11) is 1.56. The van der Waals surface area contributed by atoms with E-state index < -0.39 is 17.1 Å². The van der Waals surface area contributed by atoms with Crippen LogP contribution in [0.1, 0.15) is 21.9 Å². The molecule has 0 saturated carbocycles. The third kappa shape index (κ3) is 4.24. The van der Waals surface area contributed by atoms with E-state index in [0.717, 1.165) is 27.3 Å². The van der Waals surface area contributed by atoms with Crippen LogP contribution in [-0.4, -0.2) is 29.2 Å². The molecule has 0 spiro atoms. The van der Waals surface area contributed by atoms with E-state index in [-0.39, 0.29) is 16.7 Å². The van der Waals surface area contributed by atoms with Crippen molar-refractivity contribution in [3.63, 3.8) is 0 Å². The van der Waals surface area contributed by atoms with Crippen molar-refractivity contribution in [2.45, 2.75) is 22.8 Å². The zero-order chi connectivity index (χ0) is 25.5. The van der Waals surface area contributed by atoms with E-state index in [4.69, 9.17) is 9.47 Å². The summed E-state index contributed by atoms with van der Waals surface area (Å²) in [6.07, 6.45) is 0. The molecule has 9 heteroatoms. The quantitative estimate of drug-likeness (QED) is 0.360. The van der Waals surface area contributed by atoms with Crippen LogP contribution in [0.2, 0.25) is 0 Å². The first-order valence-corrected chi connectivity index (χ1v) is 13.4. The highest BCUT2D eigenvalue weighted by Crippen LogP contribution is 2.53. The van der Waals surface area contributed by atoms with Gasteiger partial charge in [0, 0.05) is 10.8 Å². The van der Waals surface area contributed by atoms with E-state index in [1.165, 1.54) is 16.7 Å². The molecule has 37 heavy (non-hydrogen) atoms. The molecule has 0 bridgehead atoms. The van der Waals surface area contributed by atoms with Gasteiger partial charge in [0.1, 0.15) is 23.4 Å². The summed E-state index contributed by atoms with van der Waals surface area (Å²) in [5, 5.41) is 0.0229. The predicted molar refractivity (Wildman–Crippen MR) is 143 cm³/mol. The van der Waals surface area contributed by atoms with Gasteiger partial charge >= 0.3 is 4.87 Å². The zero-order valence-electron chi connectivity index (χ0n) is 19.7. The minimum atomic E-state index is -0.633. The number of thiazole rings is 1. The number of aromatic amines is 1. The fraction of sp³-hybridized carbons (Fsp3) is 0.179. The van der Waals surface area contributed by atoms with Gasteiger partial charge in [0.15, 0.2) is 0 Å². The SMILES string of the molecule is COc1ccc(N2C(=O)C3Sc4[nH]c(=O)sc4[C@H](c4ccc(OCc5ccccc5)cc4)C3C2=O)cc1. The Morgan fingerprint density at radius 3 is 2.27 bits per heavy atom. The van der Waals surface area contributed by atoms with Gasteiger partial charge in [-0.15, -0.1) is 0 Å². The van der Waals surface area contributed by atoms with Gasteiger partial charge in [-0.1, -0.05) is 65.6 Å². The lowest BCUT2D eigenvalue weighted by Crippen LogP contribution is -2.32. The maximum Gasteiger partial charge on any atom is 0.305 e. The van der Waals surface area contributed by atoms with Gasteiger partial charge in [-0.05, 0) is 47.5 Å². The number of hydrogen-bond acceptors (Lipinski definition) is 7. The summed E-state index contributed by atoms with van der Waals surface area (Å²) < 4.78 is 11.1. The molecule has 6 rings (SSSR count). The molecule has 2 aliphatic rings. The first-order chi connectivity index (χ1) is 18.0. The number of fused-ring (bicyclic) bond motifs is 2. The van der Waals surface area contributed by atoms with Crippen LogP contribution in [-0.2, 0) is 16.2 Å². The number of rotatable bonds is 6. The minimum absolute atomic E-state index is 0.197. The highest BCUT2D eigenvalue weighted by Gasteiger charge is 2.56. The minimum Gasteiger partial charge on any atom is -0.497 e. The van der Waals surface area contributed by atoms with E-state index >= 15 is 0 Å². The van der Waals surface area contributed by atoms with Crippen LogP contribution in [0.3, 0.4) is 0 Å². The second-order valence-electron chi connectivity index (χ2n) is 8.80. The second kappa shape index (κ2) is 9.57. The molecule has 3 heterocycles. The van der Waals surface area contributed by atoms with Gasteiger partial charge in [0.05, 0.1) is 23.7 Å². The molecular weight excluding hydrogens is 508 g/mol. The number of anilines is 1. The number of methoxy groups -OCH3 is 1. The Kier molecular flexibility index (Phi) is 6.10. The van der Waals surface area contributed by atoms with Gasteiger partial charge in [-0.2, -0.15) is 0 Å². The molecule has 0 radical (unpaired) electrons. The van der Waals surface area contributed by atoms with Crippen molar-refractivity contribution in [2.24, 2.45) is 5.92 Å². The zero-order valence-corrected chi connectivity index (χ0v) is 21.4. The molecule has 186 valence electrons. The molecule has 2 amide bonds. The number of nitrogens with one attached hydrogen (secondary N) is 1. The summed E-state index contributed by atoms with van der Waals surface area (Å²) >= 11 is 2.36. The summed E-state index contributed by atoms with van der Waals surface area (Å²) in [5.41, 5.74) is 2.43. The van der Waals surface area contributed by atoms with Gasteiger partial charge in [-0.25, -0.2) is 4.90 Å². The van der Waals surface area contributed by atoms with E-state index in [2.05, 4.69) is 4.98 Å². The Bertz CT molecular complexity index is 1510. The average Bonchev–Trinajstić information content (AvgIpc) is 3.42. The summed E-state index contributed by atoms with van der Waals surface area (Å²) in [5.74, 6) is -0.265. The lowest BCUT2D eigenvalue weighted by atomic mass is 9.83. The number of aromatic nitrogens is 1. The molecular formula is C28H22N2O5S2. The lowest BCUT2D eigenvalue weighted by molar-refractivity contribution is -0.122. The number of carbonyl (C=O) groups is 2. The molecule has 2 unspecified atom stereocenters. The van der Waals surface area contributed by atoms with Crippen LogP contribution in [0, 0.1) is 5.92 Å². The number of imide groups is 1. The Labute approximate surface area is 221 Å². The number of nitrogens with zero attached hydrogens (tertiary/aromatic N) is 1. The first-order valence-electron chi connectivity index (χ1n) is 11.7. The third-order valence-corrected chi connectivity index (χ3v) is 9.04. The van der Waals surface area contributed by atoms with Gasteiger partial charge in [0.2, 0.25) is 11.8 Å². The number of carbonyl (C=O) groups excluding carboxylic acids is 2. The molecule has 3 aromatic carbocycles. The fourth-order valence-electron chi connectivity index (χ4n) is 4.87. The second-order valence-corrected chi connectivity index (χ2v) is 11.0. The highest BCUT2D eigenvalue weighted by atomic mass is 32.2. The Hall–Kier alpha value is -3.82. The lowest BCUT2D eigenvalue weighted by Gasteiger charge is -2.29. The molecule has 1 fully saturated rings. The monoisotopic (exact) mass is 530 g/mol. The van der Waals surface area contributed by atoms with Crippen LogP contribution < -0.4 is 19.2 Å². The van der Waals surface area contributed by atoms with Crippen molar-refractivity contribution in [3.8, 4) is 11.5 Å². The molecule has 1 N–H and O–H groups in total. The first kappa shape index (κ1) is 23.6. The number of benzene rings is 3. The van der Waals surface area contributed by atoms with Crippen molar-refractivity contribution < 1.29 is 19.1 Å². The Morgan fingerprint density at radius 1 is 0.865 bits per heavy atom. The largest absolute Gasteiger partial charge is 0.497 e. The van der Waals surface area contributed by atoms with Gasteiger partial charge in [-0.3, -0.25) is 14.4 Å². The number of ether oxygens (including phenoxy) is 2. The van der Waals surface area contributed by atoms with E-state index in [1.807, 2.05) is 54.6 Å². The molecule has 7 nitrogen and oxygen atoms in total. The van der Waals surface area contributed by atoms with Crippen LogP contribution in [0.25, 0.3) is 0 Å². The Balaban J connectivity index is 1.33. The standard InChI is InChI=1S/C28H22N2O5S2/c1-34-19-13-9-18(10-14-19)30-26(31)22-21(23-25(29-28(33)37-23)36-24(22)27(30)32)17-7-11-20(12-8-17)35-15-16-5-3-2-4-6-16/h2-14,21-22,24H,15H2,1H3,(H,29,33)/t21-,22?,24?/m1/s1. The van der Waals surface area contributed by atoms with E-state index in [9.17, 15) is 14.4 Å². The predicted octanol–water partition coefficient (Wildman–Crippen LogP) is 4.82. The molecule has 1 saturated heterocycles. The molecule has 3 atom stereocenters. The van der Waals surface area contributed by atoms with Crippen LogP contribution in [0.4, 0.5) is 5.69 Å². The summed E-state index contributed by atoms with van der Waals surface area (Å²) in [6, 6.07) is 24.3. The molecule has 2 aliphatic heterocycles. The summed E-state index contributed by atoms with van der Waals surface area (Å²) in [4.78, 5) is 44.3. The smallest absolute Gasteiger partial charge is 0.305 e. The molecule has 1 aromatic heterocycles. The van der Waals surface area contributed by atoms with Crippen LogP contribution in [0.15, 0.2) is 88.7 Å². The maximum atomic E-state index is 13.8. The van der Waals surface area contributed by atoms with Crippen LogP contribution >= 0.6 is 23.1 Å². The van der Waals surface area contributed by atoms with Crippen molar-refractivity contribution in [2.75, 3.05) is 12.0 Å². The topological polar surface area (TPSA) is 88.7 Å². The van der Waals surface area contributed by atoms with Gasteiger partial charge < -0.3 is 14.5 Å². The normalized spacial score (nSPS) is 20.5.